The quantitative estimate of drug-likeness (QED) is 0.780. The van der Waals surface area contributed by atoms with Gasteiger partial charge in [-0.2, -0.15) is 0 Å². The van der Waals surface area contributed by atoms with Crippen molar-refractivity contribution in [1.29, 1.82) is 0 Å². The summed E-state index contributed by atoms with van der Waals surface area (Å²) in [6.45, 7) is 0. The molecule has 0 aliphatic carbocycles. The third-order valence-corrected chi connectivity index (χ3v) is 4.56. The van der Waals surface area contributed by atoms with Gasteiger partial charge in [0.1, 0.15) is 9.84 Å². The zero-order valence-electron chi connectivity index (χ0n) is 9.83. The van der Waals surface area contributed by atoms with E-state index in [1.807, 2.05) is 0 Å². The Bertz CT molecular complexity index is 591. The number of carboxylic acids is 1. The van der Waals surface area contributed by atoms with Crippen molar-refractivity contribution in [2.45, 2.75) is 18.9 Å². The van der Waals surface area contributed by atoms with Crippen LogP contribution in [0.3, 0.4) is 0 Å². The molecule has 0 radical (unpaired) electrons. The lowest BCUT2D eigenvalue weighted by Gasteiger charge is -2.22. The Hall–Kier alpha value is -1.90. The average Bonchev–Trinajstić information content (AvgIpc) is 2.81. The van der Waals surface area contributed by atoms with Crippen molar-refractivity contribution < 1.29 is 27.6 Å². The number of hydrogen-bond acceptors (Lipinski definition) is 6. The monoisotopic (exact) mass is 288 g/mol. The van der Waals surface area contributed by atoms with Gasteiger partial charge in [0, 0.05) is 12.1 Å². The first-order valence-electron chi connectivity index (χ1n) is 5.59. The van der Waals surface area contributed by atoms with E-state index >= 15 is 0 Å². The third-order valence-electron chi connectivity index (χ3n) is 2.84. The van der Waals surface area contributed by atoms with Crippen molar-refractivity contribution in [2.24, 2.45) is 0 Å². The summed E-state index contributed by atoms with van der Waals surface area (Å²) in [6, 6.07) is 0.776. The first-order valence-corrected chi connectivity index (χ1v) is 7.41. The topological polar surface area (TPSA) is 127 Å². The molecule has 1 aromatic heterocycles. The summed E-state index contributed by atoms with van der Waals surface area (Å²) in [5, 5.41) is 14.6. The second-order valence-corrected chi connectivity index (χ2v) is 6.58. The molecule has 1 aliphatic rings. The summed E-state index contributed by atoms with van der Waals surface area (Å²) < 4.78 is 26.9. The Morgan fingerprint density at radius 3 is 2.53 bits per heavy atom. The molecular weight excluding hydrogens is 276 g/mol. The molecule has 1 fully saturated rings. The molecule has 0 spiro atoms. The third kappa shape index (κ3) is 3.31. The molecule has 104 valence electrons. The Morgan fingerprint density at radius 1 is 1.37 bits per heavy atom. The van der Waals surface area contributed by atoms with Gasteiger partial charge < -0.3 is 14.9 Å². The molecular formula is C10H12N2O6S. The molecule has 0 unspecified atom stereocenters. The highest BCUT2D eigenvalue weighted by Gasteiger charge is 2.26. The highest BCUT2D eigenvalue weighted by molar-refractivity contribution is 7.91. The number of nitrogens with zero attached hydrogens (tertiary/aromatic N) is 1. The van der Waals surface area contributed by atoms with Gasteiger partial charge in [-0.3, -0.25) is 4.79 Å². The predicted molar refractivity (Wildman–Crippen MR) is 62.6 cm³/mol. The van der Waals surface area contributed by atoms with Crippen LogP contribution in [-0.4, -0.2) is 48.1 Å². The molecule has 0 atom stereocenters. The van der Waals surface area contributed by atoms with Gasteiger partial charge in [0.25, 0.3) is 5.91 Å². The van der Waals surface area contributed by atoms with Gasteiger partial charge in [-0.1, -0.05) is 5.16 Å². The maximum atomic E-state index is 11.7. The maximum Gasteiger partial charge on any atom is 0.374 e. The van der Waals surface area contributed by atoms with Crippen LogP contribution in [0.2, 0.25) is 0 Å². The van der Waals surface area contributed by atoms with Gasteiger partial charge >= 0.3 is 5.97 Å². The summed E-state index contributed by atoms with van der Waals surface area (Å²) in [5.74, 6) is -2.22. The van der Waals surface area contributed by atoms with Gasteiger partial charge in [-0.05, 0) is 12.8 Å². The molecule has 2 N–H and O–H groups in total. The van der Waals surface area contributed by atoms with Crippen LogP contribution < -0.4 is 5.32 Å². The molecule has 1 aromatic rings. The van der Waals surface area contributed by atoms with E-state index in [0.717, 1.165) is 6.07 Å². The minimum Gasteiger partial charge on any atom is -0.475 e. The van der Waals surface area contributed by atoms with E-state index in [9.17, 15) is 18.0 Å². The molecule has 19 heavy (non-hydrogen) atoms. The van der Waals surface area contributed by atoms with Gasteiger partial charge in [-0.15, -0.1) is 0 Å². The lowest BCUT2D eigenvalue weighted by atomic mass is 10.1. The lowest BCUT2D eigenvalue weighted by molar-refractivity contribution is 0.0651. The van der Waals surface area contributed by atoms with Crippen molar-refractivity contribution in [3.8, 4) is 0 Å². The molecule has 9 heteroatoms. The van der Waals surface area contributed by atoms with E-state index in [1.165, 1.54) is 0 Å². The Morgan fingerprint density at radius 2 is 2.00 bits per heavy atom. The molecule has 2 rings (SSSR count). The Kier molecular flexibility index (Phi) is 3.56. The van der Waals surface area contributed by atoms with Crippen molar-refractivity contribution in [1.82, 2.24) is 10.5 Å². The van der Waals surface area contributed by atoms with Crippen molar-refractivity contribution in [3.63, 3.8) is 0 Å². The van der Waals surface area contributed by atoms with Crippen LogP contribution in [0.4, 0.5) is 0 Å². The number of amides is 1. The highest BCUT2D eigenvalue weighted by atomic mass is 32.2. The normalized spacial score (nSPS) is 18.9. The molecule has 0 bridgehead atoms. The largest absolute Gasteiger partial charge is 0.475 e. The van der Waals surface area contributed by atoms with E-state index in [0.29, 0.717) is 12.8 Å². The summed E-state index contributed by atoms with van der Waals surface area (Å²) in [4.78, 5) is 22.3. The number of carbonyl (C=O) groups excluding carboxylic acids is 1. The van der Waals surface area contributed by atoms with Crippen LogP contribution in [0.25, 0.3) is 0 Å². The maximum absolute atomic E-state index is 11.7. The number of nitrogens with one attached hydrogen (secondary N) is 1. The number of carbonyl (C=O) groups is 2. The fraction of sp³-hybridized carbons (Fsp3) is 0.500. The van der Waals surface area contributed by atoms with Crippen LogP contribution in [0.15, 0.2) is 10.6 Å². The first kappa shape index (κ1) is 13.5. The van der Waals surface area contributed by atoms with Gasteiger partial charge in [0.05, 0.1) is 11.5 Å². The fourth-order valence-corrected chi connectivity index (χ4v) is 3.27. The predicted octanol–water partition coefficient (Wildman–Crippen LogP) is -0.320. The lowest BCUT2D eigenvalue weighted by Crippen LogP contribution is -2.40. The number of hydrogen-bond donors (Lipinski definition) is 2. The van der Waals surface area contributed by atoms with Crippen LogP contribution >= 0.6 is 0 Å². The van der Waals surface area contributed by atoms with Crippen molar-refractivity contribution in [3.05, 3.63) is 17.5 Å². The SMILES string of the molecule is O=C(NC1CCS(=O)(=O)CC1)c1cc(C(=O)O)on1. The smallest absolute Gasteiger partial charge is 0.374 e. The fourth-order valence-electron chi connectivity index (χ4n) is 1.78. The summed E-state index contributed by atoms with van der Waals surface area (Å²) >= 11 is 0. The van der Waals surface area contributed by atoms with Gasteiger partial charge in [-0.25, -0.2) is 13.2 Å². The standard InChI is InChI=1S/C10H12N2O6S/c13-9(7-5-8(10(14)15)18-12-7)11-6-1-3-19(16,17)4-2-6/h5-6H,1-4H2,(H,11,13)(H,14,15). The van der Waals surface area contributed by atoms with Gasteiger partial charge in [0.15, 0.2) is 5.69 Å². The molecule has 8 nitrogen and oxygen atoms in total. The number of aromatic nitrogens is 1. The zero-order valence-corrected chi connectivity index (χ0v) is 10.6. The second kappa shape index (κ2) is 5.00. The number of sulfone groups is 1. The number of rotatable bonds is 3. The van der Waals surface area contributed by atoms with E-state index in [-0.39, 0.29) is 23.2 Å². The van der Waals surface area contributed by atoms with E-state index in [1.54, 1.807) is 0 Å². The summed E-state index contributed by atoms with van der Waals surface area (Å²) in [6.07, 6.45) is 0.690. The number of carboxylic acid groups (broad SMARTS) is 1. The summed E-state index contributed by atoms with van der Waals surface area (Å²) in [5.41, 5.74) is -0.133. The molecule has 0 aromatic carbocycles. The Labute approximate surface area is 108 Å². The van der Waals surface area contributed by atoms with Crippen molar-refractivity contribution >= 4 is 21.7 Å². The number of aromatic carboxylic acids is 1. The van der Waals surface area contributed by atoms with Crippen LogP contribution in [0.5, 0.6) is 0 Å². The molecule has 1 amide bonds. The van der Waals surface area contributed by atoms with Crippen LogP contribution in [0, 0.1) is 0 Å². The van der Waals surface area contributed by atoms with E-state index in [2.05, 4.69) is 15.0 Å². The molecule has 2 heterocycles. The minimum absolute atomic E-state index is 0.0388. The van der Waals surface area contributed by atoms with E-state index in [4.69, 9.17) is 5.11 Å². The first-order chi connectivity index (χ1) is 8.87. The summed E-state index contributed by atoms with van der Waals surface area (Å²) in [7, 11) is -2.99. The van der Waals surface area contributed by atoms with E-state index < -0.39 is 27.5 Å². The minimum atomic E-state index is -2.99. The average molecular weight is 288 g/mol. The van der Waals surface area contributed by atoms with Crippen LogP contribution in [-0.2, 0) is 9.84 Å². The molecule has 1 aliphatic heterocycles. The molecule has 0 saturated carbocycles. The van der Waals surface area contributed by atoms with Crippen molar-refractivity contribution in [2.75, 3.05) is 11.5 Å². The highest BCUT2D eigenvalue weighted by Crippen LogP contribution is 2.13. The second-order valence-electron chi connectivity index (χ2n) is 4.28. The zero-order chi connectivity index (χ0) is 14.0. The van der Waals surface area contributed by atoms with Crippen LogP contribution in [0.1, 0.15) is 33.9 Å². The van der Waals surface area contributed by atoms with Gasteiger partial charge in [0.2, 0.25) is 5.76 Å². The molecule has 1 saturated heterocycles. The Balaban J connectivity index is 1.96.